The van der Waals surface area contributed by atoms with Gasteiger partial charge in [-0.15, -0.1) is 10.2 Å². The number of aromatic nitrogens is 5. The van der Waals surface area contributed by atoms with Gasteiger partial charge in [0.15, 0.2) is 0 Å². The van der Waals surface area contributed by atoms with Crippen molar-refractivity contribution in [2.24, 2.45) is 0 Å². The molecular weight excluding hydrogens is 312 g/mol. The Morgan fingerprint density at radius 1 is 1.32 bits per heavy atom. The molecule has 3 rings (SSSR count). The monoisotopic (exact) mass is 323 g/mol. The summed E-state index contributed by atoms with van der Waals surface area (Å²) in [6.45, 7) is 2.04. The number of thioether (sulfide) groups is 1. The highest BCUT2D eigenvalue weighted by Crippen LogP contribution is 2.35. The molecule has 0 radical (unpaired) electrons. The van der Waals surface area contributed by atoms with Gasteiger partial charge in [0, 0.05) is 10.8 Å². The van der Waals surface area contributed by atoms with E-state index >= 15 is 0 Å². The molecule has 0 fully saturated rings. The zero-order chi connectivity index (χ0) is 15.5. The number of nitrogens with zero attached hydrogens (tertiary/aromatic N) is 5. The van der Waals surface area contributed by atoms with Crippen LogP contribution in [-0.2, 0) is 6.54 Å². The molecule has 1 atom stereocenters. The maximum Gasteiger partial charge on any atom is 0.277 e. The zero-order valence-corrected chi connectivity index (χ0v) is 12.3. The van der Waals surface area contributed by atoms with E-state index in [9.17, 15) is 8.78 Å². The summed E-state index contributed by atoms with van der Waals surface area (Å²) < 4.78 is 33.9. The minimum Gasteiger partial charge on any atom is -0.414 e. The van der Waals surface area contributed by atoms with E-state index in [0.717, 1.165) is 23.9 Å². The van der Waals surface area contributed by atoms with Gasteiger partial charge >= 0.3 is 0 Å². The predicted molar refractivity (Wildman–Crippen MR) is 74.1 cm³/mol. The van der Waals surface area contributed by atoms with Gasteiger partial charge in [0.1, 0.15) is 30.8 Å². The third-order valence-corrected chi connectivity index (χ3v) is 3.86. The van der Waals surface area contributed by atoms with Crippen LogP contribution in [0.3, 0.4) is 0 Å². The minimum absolute atomic E-state index is 0.251. The first-order chi connectivity index (χ1) is 10.6. The Morgan fingerprint density at radius 2 is 2.18 bits per heavy atom. The molecule has 0 aliphatic rings. The Morgan fingerprint density at radius 3 is 2.95 bits per heavy atom. The molecule has 0 saturated carbocycles. The second kappa shape index (κ2) is 6.22. The first-order valence-corrected chi connectivity index (χ1v) is 7.26. The first-order valence-electron chi connectivity index (χ1n) is 6.38. The van der Waals surface area contributed by atoms with Crippen LogP contribution in [0.25, 0.3) is 0 Å². The van der Waals surface area contributed by atoms with Crippen molar-refractivity contribution in [1.29, 1.82) is 0 Å². The highest BCUT2D eigenvalue weighted by atomic mass is 32.2. The van der Waals surface area contributed by atoms with Crippen LogP contribution in [0.5, 0.6) is 0 Å². The normalized spacial score (nSPS) is 12.5. The predicted octanol–water partition coefficient (Wildman–Crippen LogP) is 2.84. The molecule has 114 valence electrons. The van der Waals surface area contributed by atoms with Gasteiger partial charge in [-0.05, 0) is 25.1 Å². The highest BCUT2D eigenvalue weighted by molar-refractivity contribution is 7.99. The number of hydrogen-bond acceptors (Lipinski definition) is 6. The van der Waals surface area contributed by atoms with Gasteiger partial charge in [0.05, 0.1) is 0 Å². The van der Waals surface area contributed by atoms with Crippen LogP contribution in [0.4, 0.5) is 8.78 Å². The van der Waals surface area contributed by atoms with Crippen molar-refractivity contribution < 1.29 is 13.2 Å². The molecule has 0 spiro atoms. The number of benzene rings is 1. The maximum absolute atomic E-state index is 13.7. The Labute approximate surface area is 128 Å². The minimum atomic E-state index is -0.485. The second-order valence-corrected chi connectivity index (χ2v) is 5.77. The molecule has 0 amide bonds. The largest absolute Gasteiger partial charge is 0.414 e. The van der Waals surface area contributed by atoms with Crippen LogP contribution < -0.4 is 0 Å². The summed E-state index contributed by atoms with van der Waals surface area (Å²) in [7, 11) is 0. The molecule has 2 heterocycles. The summed E-state index contributed by atoms with van der Waals surface area (Å²) in [6.07, 6.45) is 2.93. The smallest absolute Gasteiger partial charge is 0.277 e. The number of rotatable bonds is 5. The molecule has 0 bridgehead atoms. The molecular formula is C13H11F2N5OS. The third kappa shape index (κ3) is 3.30. The summed E-state index contributed by atoms with van der Waals surface area (Å²) in [5, 5.41) is 11.6. The molecule has 9 heteroatoms. The molecule has 1 unspecified atom stereocenters. The van der Waals surface area contributed by atoms with Crippen LogP contribution in [0.15, 0.2) is 40.5 Å². The van der Waals surface area contributed by atoms with E-state index in [1.165, 1.54) is 23.4 Å². The van der Waals surface area contributed by atoms with Gasteiger partial charge in [-0.3, -0.25) is 0 Å². The lowest BCUT2D eigenvalue weighted by Crippen LogP contribution is -1.99. The summed E-state index contributed by atoms with van der Waals surface area (Å²) in [5.74, 6) is -0.593. The number of hydrogen-bond donors (Lipinski definition) is 0. The average Bonchev–Trinajstić information content (AvgIpc) is 3.14. The fraction of sp³-hybridized carbons (Fsp3) is 0.231. The van der Waals surface area contributed by atoms with Crippen molar-refractivity contribution >= 4 is 11.8 Å². The molecule has 22 heavy (non-hydrogen) atoms. The maximum atomic E-state index is 13.7. The summed E-state index contributed by atoms with van der Waals surface area (Å²) in [5.41, 5.74) is 0.251. The first kappa shape index (κ1) is 14.6. The van der Waals surface area contributed by atoms with E-state index < -0.39 is 11.6 Å². The van der Waals surface area contributed by atoms with Gasteiger partial charge in [-0.2, -0.15) is 5.10 Å². The third-order valence-electron chi connectivity index (χ3n) is 2.89. The molecule has 0 aliphatic heterocycles. The van der Waals surface area contributed by atoms with Gasteiger partial charge in [-0.1, -0.05) is 11.8 Å². The van der Waals surface area contributed by atoms with Crippen molar-refractivity contribution in [3.05, 3.63) is 53.9 Å². The van der Waals surface area contributed by atoms with E-state index in [0.29, 0.717) is 12.4 Å². The fourth-order valence-electron chi connectivity index (χ4n) is 1.84. The highest BCUT2D eigenvalue weighted by Gasteiger charge is 2.17. The molecule has 6 nitrogen and oxygen atoms in total. The van der Waals surface area contributed by atoms with Crippen LogP contribution in [0.1, 0.15) is 23.6 Å². The summed E-state index contributed by atoms with van der Waals surface area (Å²) in [6, 6.07) is 3.35. The average molecular weight is 323 g/mol. The zero-order valence-electron chi connectivity index (χ0n) is 11.5. The molecule has 0 aliphatic carbocycles. The van der Waals surface area contributed by atoms with E-state index in [2.05, 4.69) is 20.3 Å². The van der Waals surface area contributed by atoms with E-state index in [4.69, 9.17) is 4.42 Å². The standard InChI is InChI=1S/C13H11F2N5OS/c1-8(10-4-9(14)2-3-11(10)15)22-13-19-18-12(21-13)5-20-7-16-6-17-20/h2-4,6-8H,5H2,1H3. The molecule has 3 aromatic rings. The van der Waals surface area contributed by atoms with Gasteiger partial charge in [0.25, 0.3) is 5.22 Å². The lowest BCUT2D eigenvalue weighted by molar-refractivity contribution is 0.397. The topological polar surface area (TPSA) is 69.6 Å². The molecule has 1 aromatic carbocycles. The van der Waals surface area contributed by atoms with Crippen LogP contribution >= 0.6 is 11.8 Å². The fourth-order valence-corrected chi connectivity index (χ4v) is 2.69. The van der Waals surface area contributed by atoms with E-state index in [1.807, 2.05) is 0 Å². The Kier molecular flexibility index (Phi) is 4.14. The Bertz CT molecular complexity index is 762. The molecule has 0 N–H and O–H groups in total. The van der Waals surface area contributed by atoms with Crippen LogP contribution in [0, 0.1) is 11.6 Å². The summed E-state index contributed by atoms with van der Waals surface area (Å²) in [4.78, 5) is 3.81. The van der Waals surface area contributed by atoms with Gasteiger partial charge < -0.3 is 4.42 Å². The molecule has 0 saturated heterocycles. The number of halogens is 2. The quantitative estimate of drug-likeness (QED) is 0.673. The van der Waals surface area contributed by atoms with Crippen molar-refractivity contribution in [2.75, 3.05) is 0 Å². The second-order valence-electron chi connectivity index (χ2n) is 4.48. The lowest BCUT2D eigenvalue weighted by Gasteiger charge is -2.09. The Hall–Kier alpha value is -2.29. The van der Waals surface area contributed by atoms with Crippen LogP contribution in [0.2, 0.25) is 0 Å². The van der Waals surface area contributed by atoms with Crippen LogP contribution in [-0.4, -0.2) is 25.0 Å². The van der Waals surface area contributed by atoms with Crippen molar-refractivity contribution in [3.63, 3.8) is 0 Å². The van der Waals surface area contributed by atoms with Crippen molar-refractivity contribution in [2.45, 2.75) is 23.9 Å². The summed E-state index contributed by atoms with van der Waals surface area (Å²) >= 11 is 1.16. The molecule has 2 aromatic heterocycles. The SMILES string of the molecule is CC(Sc1nnc(Cn2cncn2)o1)c1cc(F)ccc1F. The Balaban J connectivity index is 1.70. The van der Waals surface area contributed by atoms with Crippen molar-refractivity contribution in [1.82, 2.24) is 25.0 Å². The van der Waals surface area contributed by atoms with Crippen molar-refractivity contribution in [3.8, 4) is 0 Å². The van der Waals surface area contributed by atoms with Gasteiger partial charge in [0.2, 0.25) is 5.89 Å². The van der Waals surface area contributed by atoms with E-state index in [-0.39, 0.29) is 16.0 Å². The van der Waals surface area contributed by atoms with E-state index in [1.54, 1.807) is 6.92 Å². The van der Waals surface area contributed by atoms with Gasteiger partial charge in [-0.25, -0.2) is 18.4 Å². The lowest BCUT2D eigenvalue weighted by atomic mass is 10.1.